The van der Waals surface area contributed by atoms with Gasteiger partial charge in [-0.3, -0.25) is 4.98 Å². The second kappa shape index (κ2) is 4.42. The summed E-state index contributed by atoms with van der Waals surface area (Å²) >= 11 is 0. The Labute approximate surface area is 132 Å². The van der Waals surface area contributed by atoms with E-state index in [-0.39, 0.29) is 5.41 Å². The van der Waals surface area contributed by atoms with Crippen molar-refractivity contribution in [3.8, 4) is 11.3 Å². The minimum atomic E-state index is 0.00970. The van der Waals surface area contributed by atoms with Crippen molar-refractivity contribution in [1.82, 2.24) is 4.98 Å². The van der Waals surface area contributed by atoms with Crippen LogP contribution in [0, 0.1) is 0 Å². The molecule has 0 unspecified atom stereocenters. The Morgan fingerprint density at radius 1 is 0.955 bits per heavy atom. The van der Waals surface area contributed by atoms with Gasteiger partial charge in [0.05, 0.1) is 5.69 Å². The summed E-state index contributed by atoms with van der Waals surface area (Å²) in [6.07, 6.45) is 1.95. The van der Waals surface area contributed by atoms with E-state index in [9.17, 15) is 0 Å². The Morgan fingerprint density at radius 3 is 2.50 bits per heavy atom. The molecule has 1 aliphatic rings. The zero-order valence-corrected chi connectivity index (χ0v) is 13.6. The van der Waals surface area contributed by atoms with Gasteiger partial charge in [-0.2, -0.15) is 0 Å². The van der Waals surface area contributed by atoms with Crippen molar-refractivity contribution in [2.75, 3.05) is 0 Å². The summed E-state index contributed by atoms with van der Waals surface area (Å²) in [4.78, 5) is 4.72. The van der Waals surface area contributed by atoms with E-state index in [1.54, 1.807) is 0 Å². The highest BCUT2D eigenvalue weighted by Crippen LogP contribution is 2.48. The molecule has 0 bridgehead atoms. The highest BCUT2D eigenvalue weighted by Gasteiger charge is 2.34. The van der Waals surface area contributed by atoms with E-state index >= 15 is 0 Å². The molecule has 0 amide bonds. The molecule has 0 aliphatic heterocycles. The first-order chi connectivity index (χ1) is 10.5. The van der Waals surface area contributed by atoms with Crippen molar-refractivity contribution in [3.63, 3.8) is 0 Å². The van der Waals surface area contributed by atoms with Crippen LogP contribution in [0.15, 0.2) is 48.7 Å². The Balaban J connectivity index is 2.20. The lowest BCUT2D eigenvalue weighted by molar-refractivity contribution is 0.642. The minimum Gasteiger partial charge on any atom is -0.256 e. The van der Waals surface area contributed by atoms with Crippen LogP contribution >= 0.6 is 0 Å². The van der Waals surface area contributed by atoms with Crippen LogP contribution in [-0.4, -0.2) is 4.98 Å². The van der Waals surface area contributed by atoms with Crippen LogP contribution in [-0.2, 0) is 5.41 Å². The first kappa shape index (κ1) is 13.5. The van der Waals surface area contributed by atoms with E-state index in [2.05, 4.69) is 70.2 Å². The quantitative estimate of drug-likeness (QED) is 0.562. The van der Waals surface area contributed by atoms with Crippen LogP contribution in [0.2, 0.25) is 0 Å². The molecule has 3 aromatic rings. The Hall–Kier alpha value is -2.15. The van der Waals surface area contributed by atoms with Crippen LogP contribution < -0.4 is 0 Å². The Bertz CT molecular complexity index is 888. The largest absolute Gasteiger partial charge is 0.256 e. The zero-order chi connectivity index (χ0) is 15.5. The molecule has 1 heteroatoms. The third-order valence-corrected chi connectivity index (χ3v) is 5.08. The topological polar surface area (TPSA) is 12.9 Å². The maximum Gasteiger partial charge on any atom is 0.0786 e. The van der Waals surface area contributed by atoms with Gasteiger partial charge in [0.2, 0.25) is 0 Å². The number of rotatable bonds is 1. The lowest BCUT2D eigenvalue weighted by Crippen LogP contribution is -2.24. The average molecular weight is 287 g/mol. The zero-order valence-electron chi connectivity index (χ0n) is 13.6. The van der Waals surface area contributed by atoms with Gasteiger partial charge in [-0.25, -0.2) is 0 Å². The van der Waals surface area contributed by atoms with Gasteiger partial charge in [-0.05, 0) is 34.1 Å². The SMILES string of the molecule is CC(C)c1cc2c3c(nccc3c1)-c1ccccc1C2(C)C. The van der Waals surface area contributed by atoms with Crippen LogP contribution in [0.4, 0.5) is 0 Å². The summed E-state index contributed by atoms with van der Waals surface area (Å²) in [5.41, 5.74) is 6.63. The monoisotopic (exact) mass is 287 g/mol. The van der Waals surface area contributed by atoms with E-state index in [0.29, 0.717) is 5.92 Å². The summed E-state index contributed by atoms with van der Waals surface area (Å²) < 4.78 is 0. The van der Waals surface area contributed by atoms with Gasteiger partial charge >= 0.3 is 0 Å². The van der Waals surface area contributed by atoms with Crippen molar-refractivity contribution in [2.24, 2.45) is 0 Å². The van der Waals surface area contributed by atoms with Crippen molar-refractivity contribution in [1.29, 1.82) is 0 Å². The van der Waals surface area contributed by atoms with Crippen LogP contribution in [0.1, 0.15) is 50.3 Å². The van der Waals surface area contributed by atoms with E-state index < -0.39 is 0 Å². The molecular weight excluding hydrogens is 266 g/mol. The number of aromatic nitrogens is 1. The summed E-state index contributed by atoms with van der Waals surface area (Å²) in [5.74, 6) is 0.533. The molecule has 2 aromatic carbocycles. The van der Waals surface area contributed by atoms with Gasteiger partial charge in [-0.15, -0.1) is 0 Å². The normalized spacial score (nSPS) is 15.1. The molecule has 22 heavy (non-hydrogen) atoms. The molecule has 1 aromatic heterocycles. The Kier molecular flexibility index (Phi) is 2.72. The van der Waals surface area contributed by atoms with Crippen LogP contribution in [0.5, 0.6) is 0 Å². The number of pyridine rings is 1. The van der Waals surface area contributed by atoms with Crippen molar-refractivity contribution < 1.29 is 0 Å². The summed E-state index contributed by atoms with van der Waals surface area (Å²) in [5, 5.41) is 2.64. The molecule has 4 rings (SSSR count). The maximum absolute atomic E-state index is 4.72. The second-order valence-electron chi connectivity index (χ2n) is 7.15. The molecule has 0 radical (unpaired) electrons. The van der Waals surface area contributed by atoms with Crippen molar-refractivity contribution >= 4 is 10.8 Å². The van der Waals surface area contributed by atoms with Gasteiger partial charge in [0.25, 0.3) is 0 Å². The van der Waals surface area contributed by atoms with Gasteiger partial charge in [0.1, 0.15) is 0 Å². The third-order valence-electron chi connectivity index (χ3n) is 5.08. The number of benzene rings is 2. The highest BCUT2D eigenvalue weighted by molar-refractivity contribution is 6.01. The number of fused-ring (bicyclic) bond motifs is 2. The van der Waals surface area contributed by atoms with E-state index in [0.717, 1.165) is 5.69 Å². The van der Waals surface area contributed by atoms with Gasteiger partial charge in [0.15, 0.2) is 0 Å². The lowest BCUT2D eigenvalue weighted by Gasteiger charge is -2.35. The fraction of sp³-hybridized carbons (Fsp3) is 0.286. The van der Waals surface area contributed by atoms with Crippen molar-refractivity contribution in [2.45, 2.75) is 39.0 Å². The van der Waals surface area contributed by atoms with Gasteiger partial charge in [0, 0.05) is 22.6 Å². The van der Waals surface area contributed by atoms with E-state index in [4.69, 9.17) is 4.98 Å². The van der Waals surface area contributed by atoms with E-state index in [1.165, 1.54) is 33.0 Å². The average Bonchev–Trinajstić information content (AvgIpc) is 2.52. The lowest BCUT2D eigenvalue weighted by atomic mass is 9.69. The molecular formula is C21H21N. The molecule has 1 nitrogen and oxygen atoms in total. The predicted octanol–water partition coefficient (Wildman–Crippen LogP) is 5.66. The molecule has 1 aliphatic carbocycles. The first-order valence-electron chi connectivity index (χ1n) is 8.03. The molecule has 0 saturated heterocycles. The van der Waals surface area contributed by atoms with Gasteiger partial charge < -0.3 is 0 Å². The molecule has 0 fully saturated rings. The molecule has 1 heterocycles. The smallest absolute Gasteiger partial charge is 0.0786 e. The predicted molar refractivity (Wildman–Crippen MR) is 93.4 cm³/mol. The summed E-state index contributed by atoms with van der Waals surface area (Å²) in [6.45, 7) is 9.20. The number of hydrogen-bond acceptors (Lipinski definition) is 1. The molecule has 0 N–H and O–H groups in total. The molecule has 0 spiro atoms. The number of hydrogen-bond donors (Lipinski definition) is 0. The fourth-order valence-corrected chi connectivity index (χ4v) is 3.75. The van der Waals surface area contributed by atoms with E-state index in [1.807, 2.05) is 6.20 Å². The van der Waals surface area contributed by atoms with Gasteiger partial charge in [-0.1, -0.05) is 64.1 Å². The first-order valence-corrected chi connectivity index (χ1v) is 8.03. The molecule has 110 valence electrons. The summed E-state index contributed by atoms with van der Waals surface area (Å²) in [6, 6.07) is 15.6. The standard InChI is InChI=1S/C21H21N/c1-13(2)15-11-14-9-10-22-20-16-7-5-6-8-17(16)21(3,4)18(12-15)19(14)20/h5-13H,1-4H3. The second-order valence-corrected chi connectivity index (χ2v) is 7.15. The minimum absolute atomic E-state index is 0.00970. The fourth-order valence-electron chi connectivity index (χ4n) is 3.75. The van der Waals surface area contributed by atoms with Crippen LogP contribution in [0.25, 0.3) is 22.0 Å². The molecule has 0 saturated carbocycles. The number of nitrogens with zero attached hydrogens (tertiary/aromatic N) is 1. The maximum atomic E-state index is 4.72. The van der Waals surface area contributed by atoms with Crippen LogP contribution in [0.3, 0.4) is 0 Å². The molecule has 0 atom stereocenters. The van der Waals surface area contributed by atoms with Crippen molar-refractivity contribution in [3.05, 3.63) is 65.4 Å². The Morgan fingerprint density at radius 2 is 1.73 bits per heavy atom. The highest BCUT2D eigenvalue weighted by atomic mass is 14.7. The summed E-state index contributed by atoms with van der Waals surface area (Å²) in [7, 11) is 0. The third kappa shape index (κ3) is 1.68.